The summed E-state index contributed by atoms with van der Waals surface area (Å²) in [6.45, 7) is 5.02. The van der Waals surface area contributed by atoms with Crippen molar-refractivity contribution >= 4 is 18.3 Å². The molecule has 6 heteroatoms. The second kappa shape index (κ2) is 9.74. The third-order valence-electron chi connectivity index (χ3n) is 4.65. The number of hydrogen-bond donors (Lipinski definition) is 3. The molecule has 0 saturated carbocycles. The molecule has 1 fully saturated rings. The topological polar surface area (TPSA) is 70.6 Å². The lowest BCUT2D eigenvalue weighted by molar-refractivity contribution is -0.123. The molecule has 5 nitrogen and oxygen atoms in total. The Morgan fingerprint density at radius 1 is 1.30 bits per heavy atom. The van der Waals surface area contributed by atoms with E-state index in [1.807, 2.05) is 43.3 Å². The van der Waals surface area contributed by atoms with Gasteiger partial charge in [0, 0.05) is 6.54 Å². The number of aliphatic hydroxyl groups excluding tert-OH is 1. The second-order valence-corrected chi connectivity index (χ2v) is 6.93. The smallest absolute Gasteiger partial charge is 0.237 e. The number of amides is 1. The summed E-state index contributed by atoms with van der Waals surface area (Å²) in [5.41, 5.74) is 3.37. The molecule has 2 aromatic carbocycles. The average Bonchev–Trinajstić information content (AvgIpc) is 3.07. The van der Waals surface area contributed by atoms with Crippen molar-refractivity contribution in [1.29, 1.82) is 0 Å². The standard InChI is InChI=1S/C21H26N2O3.ClH/c1-14-4-3-5-16(10-14)13-26-19-8-6-17(7-9-19)15(2)23-21(25)20-11-18(24)12-22-20;/h3-10,15,18,20,22,24H,11-13H2,1-2H3,(H,23,25);1H. The molecule has 0 bridgehead atoms. The summed E-state index contributed by atoms with van der Waals surface area (Å²) in [5.74, 6) is 0.725. The van der Waals surface area contributed by atoms with Gasteiger partial charge >= 0.3 is 0 Å². The molecule has 2 aromatic rings. The predicted molar refractivity (Wildman–Crippen MR) is 108 cm³/mol. The van der Waals surface area contributed by atoms with Gasteiger partial charge in [-0.05, 0) is 43.5 Å². The number of halogens is 1. The van der Waals surface area contributed by atoms with Crippen LogP contribution in [0.25, 0.3) is 0 Å². The summed E-state index contributed by atoms with van der Waals surface area (Å²) < 4.78 is 5.83. The number of rotatable bonds is 6. The molecule has 27 heavy (non-hydrogen) atoms. The molecule has 0 spiro atoms. The number of ether oxygens (including phenoxy) is 1. The quantitative estimate of drug-likeness (QED) is 0.709. The number of hydrogen-bond acceptors (Lipinski definition) is 4. The second-order valence-electron chi connectivity index (χ2n) is 6.93. The SMILES string of the molecule is Cc1cccc(COc2ccc(C(C)NC(=O)C3CC(O)CN3)cc2)c1.Cl. The van der Waals surface area contributed by atoms with E-state index in [1.54, 1.807) is 0 Å². The molecule has 1 saturated heterocycles. The molecule has 1 aliphatic rings. The highest BCUT2D eigenvalue weighted by Gasteiger charge is 2.28. The van der Waals surface area contributed by atoms with Crippen molar-refractivity contribution in [2.45, 2.75) is 45.1 Å². The molecular weight excluding hydrogens is 364 g/mol. The fourth-order valence-electron chi connectivity index (χ4n) is 3.14. The Balaban J connectivity index is 0.00000261. The van der Waals surface area contributed by atoms with E-state index < -0.39 is 6.10 Å². The minimum atomic E-state index is -0.439. The van der Waals surface area contributed by atoms with Crippen LogP contribution in [0.4, 0.5) is 0 Å². The first-order chi connectivity index (χ1) is 12.5. The van der Waals surface area contributed by atoms with Gasteiger partial charge in [0.25, 0.3) is 0 Å². The van der Waals surface area contributed by atoms with E-state index in [4.69, 9.17) is 4.74 Å². The van der Waals surface area contributed by atoms with Gasteiger partial charge in [-0.3, -0.25) is 4.79 Å². The van der Waals surface area contributed by atoms with Crippen molar-refractivity contribution in [3.05, 3.63) is 65.2 Å². The maximum absolute atomic E-state index is 12.2. The Labute approximate surface area is 166 Å². The Morgan fingerprint density at radius 3 is 2.67 bits per heavy atom. The summed E-state index contributed by atoms with van der Waals surface area (Å²) in [4.78, 5) is 12.2. The van der Waals surface area contributed by atoms with Gasteiger partial charge in [0.1, 0.15) is 12.4 Å². The van der Waals surface area contributed by atoms with Crippen molar-refractivity contribution in [3.8, 4) is 5.75 Å². The van der Waals surface area contributed by atoms with Gasteiger partial charge in [-0.2, -0.15) is 0 Å². The van der Waals surface area contributed by atoms with Crippen LogP contribution in [0.15, 0.2) is 48.5 Å². The lowest BCUT2D eigenvalue weighted by Gasteiger charge is -2.18. The Bertz CT molecular complexity index is 751. The third-order valence-corrected chi connectivity index (χ3v) is 4.65. The zero-order valence-electron chi connectivity index (χ0n) is 15.6. The third kappa shape index (κ3) is 5.96. The molecule has 3 unspecified atom stereocenters. The number of aryl methyl sites for hydroxylation is 1. The summed E-state index contributed by atoms with van der Waals surface area (Å²) >= 11 is 0. The summed E-state index contributed by atoms with van der Waals surface area (Å²) in [6.07, 6.45) is 0.0236. The van der Waals surface area contributed by atoms with E-state index in [2.05, 4.69) is 29.7 Å². The van der Waals surface area contributed by atoms with E-state index in [9.17, 15) is 9.90 Å². The van der Waals surface area contributed by atoms with Gasteiger partial charge in [-0.25, -0.2) is 0 Å². The van der Waals surface area contributed by atoms with Gasteiger partial charge in [0.05, 0.1) is 18.2 Å². The highest BCUT2D eigenvalue weighted by Crippen LogP contribution is 2.19. The molecule has 3 rings (SSSR count). The van der Waals surface area contributed by atoms with E-state index in [-0.39, 0.29) is 30.4 Å². The van der Waals surface area contributed by atoms with Gasteiger partial charge in [0.15, 0.2) is 0 Å². The van der Waals surface area contributed by atoms with Crippen molar-refractivity contribution in [2.24, 2.45) is 0 Å². The summed E-state index contributed by atoms with van der Waals surface area (Å²) in [7, 11) is 0. The summed E-state index contributed by atoms with van der Waals surface area (Å²) in [5, 5.41) is 15.5. The number of carbonyl (C=O) groups excluding carboxylic acids is 1. The van der Waals surface area contributed by atoms with E-state index >= 15 is 0 Å². The number of benzene rings is 2. The van der Waals surface area contributed by atoms with Crippen LogP contribution < -0.4 is 15.4 Å². The highest BCUT2D eigenvalue weighted by atomic mass is 35.5. The molecule has 1 heterocycles. The van der Waals surface area contributed by atoms with Crippen LogP contribution in [0.5, 0.6) is 5.75 Å². The van der Waals surface area contributed by atoms with Crippen LogP contribution >= 0.6 is 12.4 Å². The zero-order valence-corrected chi connectivity index (χ0v) is 16.5. The number of carbonyl (C=O) groups is 1. The minimum Gasteiger partial charge on any atom is -0.489 e. The lowest BCUT2D eigenvalue weighted by atomic mass is 10.1. The zero-order chi connectivity index (χ0) is 18.5. The van der Waals surface area contributed by atoms with Crippen molar-refractivity contribution < 1.29 is 14.6 Å². The van der Waals surface area contributed by atoms with E-state index in [0.717, 1.165) is 16.9 Å². The van der Waals surface area contributed by atoms with Crippen LogP contribution in [-0.2, 0) is 11.4 Å². The molecule has 3 atom stereocenters. The molecule has 0 radical (unpaired) electrons. The van der Waals surface area contributed by atoms with E-state index in [0.29, 0.717) is 19.6 Å². The summed E-state index contributed by atoms with van der Waals surface area (Å²) in [6, 6.07) is 15.6. The Morgan fingerprint density at radius 2 is 2.04 bits per heavy atom. The first kappa shape index (κ1) is 21.2. The monoisotopic (exact) mass is 390 g/mol. The van der Waals surface area contributed by atoms with Crippen molar-refractivity contribution in [2.75, 3.05) is 6.54 Å². The van der Waals surface area contributed by atoms with Gasteiger partial charge in [-0.1, -0.05) is 42.0 Å². The van der Waals surface area contributed by atoms with E-state index in [1.165, 1.54) is 5.56 Å². The number of β-amino-alcohol motifs (C(OH)–C–C–N with tert-alkyl or cyclic N) is 1. The van der Waals surface area contributed by atoms with Crippen molar-refractivity contribution in [1.82, 2.24) is 10.6 Å². The molecule has 0 aliphatic carbocycles. The lowest BCUT2D eigenvalue weighted by Crippen LogP contribution is -2.41. The van der Waals surface area contributed by atoms with Crippen molar-refractivity contribution in [3.63, 3.8) is 0 Å². The normalized spacial score (nSPS) is 19.8. The average molecular weight is 391 g/mol. The molecule has 0 aromatic heterocycles. The maximum atomic E-state index is 12.2. The number of aliphatic hydroxyl groups is 1. The molecule has 1 amide bonds. The van der Waals surface area contributed by atoms with Crippen LogP contribution in [0.1, 0.15) is 36.1 Å². The Kier molecular flexibility index (Phi) is 7.66. The molecular formula is C21H27ClN2O3. The van der Waals surface area contributed by atoms with Crippen LogP contribution in [0, 0.1) is 6.92 Å². The largest absolute Gasteiger partial charge is 0.489 e. The van der Waals surface area contributed by atoms with Gasteiger partial charge < -0.3 is 20.5 Å². The fraction of sp³-hybridized carbons (Fsp3) is 0.381. The Hall–Kier alpha value is -2.08. The van der Waals surface area contributed by atoms with Crippen LogP contribution in [0.2, 0.25) is 0 Å². The first-order valence-electron chi connectivity index (χ1n) is 9.01. The van der Waals surface area contributed by atoms with Crippen LogP contribution in [-0.4, -0.2) is 29.7 Å². The molecule has 3 N–H and O–H groups in total. The maximum Gasteiger partial charge on any atom is 0.237 e. The predicted octanol–water partition coefficient (Wildman–Crippen LogP) is 2.90. The minimum absolute atomic E-state index is 0. The number of nitrogens with one attached hydrogen (secondary N) is 2. The molecule has 1 aliphatic heterocycles. The van der Waals surface area contributed by atoms with Gasteiger partial charge in [-0.15, -0.1) is 12.4 Å². The molecule has 146 valence electrons. The van der Waals surface area contributed by atoms with Gasteiger partial charge in [0.2, 0.25) is 5.91 Å². The highest BCUT2D eigenvalue weighted by molar-refractivity contribution is 5.85. The first-order valence-corrected chi connectivity index (χ1v) is 9.01. The van der Waals surface area contributed by atoms with Crippen LogP contribution in [0.3, 0.4) is 0 Å². The fourth-order valence-corrected chi connectivity index (χ4v) is 3.14.